The summed E-state index contributed by atoms with van der Waals surface area (Å²) in [4.78, 5) is 10.1. The summed E-state index contributed by atoms with van der Waals surface area (Å²) in [5, 5.41) is 10.5. The van der Waals surface area contributed by atoms with E-state index >= 15 is 0 Å². The lowest BCUT2D eigenvalue weighted by Crippen LogP contribution is -2.47. The van der Waals surface area contributed by atoms with E-state index in [1.807, 2.05) is 14.1 Å². The van der Waals surface area contributed by atoms with E-state index in [0.29, 0.717) is 0 Å². The van der Waals surface area contributed by atoms with E-state index in [1.54, 1.807) is 12.4 Å². The Kier molecular flexibility index (Phi) is 3.21. The van der Waals surface area contributed by atoms with Crippen molar-refractivity contribution in [2.24, 2.45) is 0 Å². The second-order valence-corrected chi connectivity index (χ2v) is 4.78. The lowest BCUT2D eigenvalue weighted by atomic mass is 9.86. The summed E-state index contributed by atoms with van der Waals surface area (Å²) in [6.07, 6.45) is 8.86. The largest absolute Gasteiger partial charge is 0.386 e. The molecule has 4 nitrogen and oxygen atoms in total. The molecule has 1 aromatic heterocycles. The lowest BCUT2D eigenvalue weighted by molar-refractivity contribution is -0.00514. The summed E-state index contributed by atoms with van der Waals surface area (Å²) in [7, 11) is 4.08. The Morgan fingerprint density at radius 1 is 1.25 bits per heavy atom. The Hall–Kier alpha value is -1.00. The highest BCUT2D eigenvalue weighted by Gasteiger charge is 2.43. The fourth-order valence-electron chi connectivity index (χ4n) is 2.71. The van der Waals surface area contributed by atoms with Crippen LogP contribution in [0.5, 0.6) is 0 Å². The first-order valence-electron chi connectivity index (χ1n) is 5.77. The molecule has 2 rings (SSSR count). The van der Waals surface area contributed by atoms with Gasteiger partial charge in [-0.05, 0) is 26.9 Å². The van der Waals surface area contributed by atoms with Gasteiger partial charge in [-0.1, -0.05) is 12.8 Å². The van der Waals surface area contributed by atoms with Crippen LogP contribution in [0.4, 0.5) is 0 Å². The zero-order valence-corrected chi connectivity index (χ0v) is 9.93. The number of aromatic nitrogens is 2. The minimum absolute atomic E-state index is 0.134. The van der Waals surface area contributed by atoms with Crippen molar-refractivity contribution in [2.75, 3.05) is 14.1 Å². The molecule has 0 radical (unpaired) electrons. The molecule has 0 bridgehead atoms. The number of aliphatic hydroxyl groups excluding tert-OH is 1. The van der Waals surface area contributed by atoms with E-state index in [1.165, 1.54) is 19.2 Å². The van der Waals surface area contributed by atoms with E-state index in [4.69, 9.17) is 0 Å². The van der Waals surface area contributed by atoms with Crippen LogP contribution in [0, 0.1) is 0 Å². The zero-order valence-electron chi connectivity index (χ0n) is 9.93. The summed E-state index contributed by atoms with van der Waals surface area (Å²) in [5.74, 6) is 0. The van der Waals surface area contributed by atoms with E-state index in [0.717, 1.165) is 18.4 Å². The topological polar surface area (TPSA) is 49.2 Å². The fourth-order valence-corrected chi connectivity index (χ4v) is 2.71. The van der Waals surface area contributed by atoms with Gasteiger partial charge in [-0.2, -0.15) is 0 Å². The van der Waals surface area contributed by atoms with Gasteiger partial charge in [-0.3, -0.25) is 0 Å². The van der Waals surface area contributed by atoms with Crippen molar-refractivity contribution in [3.8, 4) is 0 Å². The SMILES string of the molecule is CN(C)C1(C(O)c2cncnc2)CCCC1. The van der Waals surface area contributed by atoms with Crippen molar-refractivity contribution in [2.45, 2.75) is 37.3 Å². The smallest absolute Gasteiger partial charge is 0.115 e. The molecule has 0 amide bonds. The molecule has 1 atom stereocenters. The van der Waals surface area contributed by atoms with E-state index in [9.17, 15) is 5.11 Å². The monoisotopic (exact) mass is 221 g/mol. The predicted molar refractivity (Wildman–Crippen MR) is 61.9 cm³/mol. The third kappa shape index (κ3) is 1.83. The van der Waals surface area contributed by atoms with Crippen LogP contribution in [0.2, 0.25) is 0 Å². The molecule has 16 heavy (non-hydrogen) atoms. The van der Waals surface area contributed by atoms with Crippen LogP contribution in [-0.4, -0.2) is 39.6 Å². The Morgan fingerprint density at radius 3 is 2.31 bits per heavy atom. The molecular weight excluding hydrogens is 202 g/mol. The Labute approximate surface area is 96.3 Å². The molecule has 0 aromatic carbocycles. The van der Waals surface area contributed by atoms with Crippen LogP contribution < -0.4 is 0 Å². The maximum atomic E-state index is 10.5. The summed E-state index contributed by atoms with van der Waals surface area (Å²) in [6, 6.07) is 0. The van der Waals surface area contributed by atoms with Crippen molar-refractivity contribution in [1.29, 1.82) is 0 Å². The maximum absolute atomic E-state index is 10.5. The second-order valence-electron chi connectivity index (χ2n) is 4.78. The van der Waals surface area contributed by atoms with Gasteiger partial charge in [0.15, 0.2) is 0 Å². The van der Waals surface area contributed by atoms with Gasteiger partial charge in [0, 0.05) is 18.0 Å². The van der Waals surface area contributed by atoms with Gasteiger partial charge in [0.1, 0.15) is 12.4 Å². The van der Waals surface area contributed by atoms with Crippen molar-refractivity contribution in [1.82, 2.24) is 14.9 Å². The molecule has 4 heteroatoms. The fraction of sp³-hybridized carbons (Fsp3) is 0.667. The molecule has 1 heterocycles. The summed E-state index contributed by atoms with van der Waals surface area (Å²) in [5.41, 5.74) is 0.683. The molecule has 1 fully saturated rings. The van der Waals surface area contributed by atoms with Crippen molar-refractivity contribution in [3.05, 3.63) is 24.3 Å². The van der Waals surface area contributed by atoms with E-state index < -0.39 is 6.10 Å². The number of nitrogens with zero attached hydrogens (tertiary/aromatic N) is 3. The minimum atomic E-state index is -0.494. The van der Waals surface area contributed by atoms with Crippen LogP contribution in [0.15, 0.2) is 18.7 Å². The Balaban J connectivity index is 2.28. The number of hydrogen-bond acceptors (Lipinski definition) is 4. The molecule has 1 unspecified atom stereocenters. The molecule has 0 spiro atoms. The molecule has 1 aromatic rings. The molecule has 88 valence electrons. The first-order valence-corrected chi connectivity index (χ1v) is 5.77. The lowest BCUT2D eigenvalue weighted by Gasteiger charge is -2.40. The molecule has 1 saturated carbocycles. The van der Waals surface area contributed by atoms with Crippen LogP contribution in [0.1, 0.15) is 37.4 Å². The molecule has 0 aliphatic heterocycles. The minimum Gasteiger partial charge on any atom is -0.386 e. The number of aliphatic hydroxyl groups is 1. The van der Waals surface area contributed by atoms with Crippen LogP contribution in [-0.2, 0) is 0 Å². The highest BCUT2D eigenvalue weighted by atomic mass is 16.3. The van der Waals surface area contributed by atoms with Gasteiger partial charge in [0.25, 0.3) is 0 Å². The van der Waals surface area contributed by atoms with Gasteiger partial charge >= 0.3 is 0 Å². The number of rotatable bonds is 3. The molecule has 1 N–H and O–H groups in total. The van der Waals surface area contributed by atoms with Crippen LogP contribution in [0.3, 0.4) is 0 Å². The standard InChI is InChI=1S/C12H19N3O/c1-15(2)12(5-3-4-6-12)11(16)10-7-13-9-14-8-10/h7-9,11,16H,3-6H2,1-2H3. The molecule has 0 saturated heterocycles. The van der Waals surface area contributed by atoms with Gasteiger partial charge in [0.2, 0.25) is 0 Å². The first kappa shape index (κ1) is 11.5. The quantitative estimate of drug-likeness (QED) is 0.838. The summed E-state index contributed by atoms with van der Waals surface area (Å²) >= 11 is 0. The normalized spacial score (nSPS) is 21.2. The van der Waals surface area contributed by atoms with Crippen molar-refractivity contribution >= 4 is 0 Å². The van der Waals surface area contributed by atoms with Gasteiger partial charge in [-0.25, -0.2) is 9.97 Å². The Bertz CT molecular complexity index is 333. The molecule has 1 aliphatic rings. The molecule has 1 aliphatic carbocycles. The Morgan fingerprint density at radius 2 is 1.81 bits per heavy atom. The first-order chi connectivity index (χ1) is 7.67. The third-order valence-electron chi connectivity index (χ3n) is 3.77. The van der Waals surface area contributed by atoms with Gasteiger partial charge in [-0.15, -0.1) is 0 Å². The van der Waals surface area contributed by atoms with E-state index in [2.05, 4.69) is 14.9 Å². The van der Waals surface area contributed by atoms with Crippen LogP contribution in [0.25, 0.3) is 0 Å². The second kappa shape index (κ2) is 4.47. The van der Waals surface area contributed by atoms with Crippen LogP contribution >= 0.6 is 0 Å². The van der Waals surface area contributed by atoms with Crippen molar-refractivity contribution in [3.63, 3.8) is 0 Å². The average molecular weight is 221 g/mol. The summed E-state index contributed by atoms with van der Waals surface area (Å²) in [6.45, 7) is 0. The van der Waals surface area contributed by atoms with Gasteiger partial charge in [0.05, 0.1) is 5.54 Å². The average Bonchev–Trinajstić information content (AvgIpc) is 2.79. The highest BCUT2D eigenvalue weighted by Crippen LogP contribution is 2.42. The zero-order chi connectivity index (χ0) is 11.6. The number of likely N-dealkylation sites (N-methyl/N-ethyl adjacent to an activating group) is 1. The summed E-state index contributed by atoms with van der Waals surface area (Å²) < 4.78 is 0. The predicted octanol–water partition coefficient (Wildman–Crippen LogP) is 1.38. The highest BCUT2D eigenvalue weighted by molar-refractivity contribution is 5.15. The van der Waals surface area contributed by atoms with Gasteiger partial charge < -0.3 is 10.0 Å². The third-order valence-corrected chi connectivity index (χ3v) is 3.77. The molecular formula is C12H19N3O. The maximum Gasteiger partial charge on any atom is 0.115 e. The van der Waals surface area contributed by atoms with E-state index in [-0.39, 0.29) is 5.54 Å². The van der Waals surface area contributed by atoms with Crippen molar-refractivity contribution < 1.29 is 5.11 Å². The number of hydrogen-bond donors (Lipinski definition) is 1.